The molecule has 0 saturated heterocycles. The summed E-state index contributed by atoms with van der Waals surface area (Å²) in [5.41, 5.74) is 0.975. The van der Waals surface area contributed by atoms with Gasteiger partial charge in [0, 0.05) is 16.8 Å². The normalized spacial score (nSPS) is 10.1. The van der Waals surface area contributed by atoms with Crippen molar-refractivity contribution in [2.75, 3.05) is 11.9 Å². The molecule has 0 unspecified atom stereocenters. The number of nitrogens with zero attached hydrogens (tertiary/aromatic N) is 2. The topological polar surface area (TPSA) is 92.1 Å². The maximum Gasteiger partial charge on any atom is 0.341 e. The molecule has 144 valence electrons. The van der Waals surface area contributed by atoms with Crippen molar-refractivity contribution in [2.45, 2.75) is 9.92 Å². The molecular formula is C21H14ClN3O3S. The highest BCUT2D eigenvalue weighted by molar-refractivity contribution is 7.99. The van der Waals surface area contributed by atoms with Crippen LogP contribution in [0.4, 0.5) is 5.69 Å². The minimum Gasteiger partial charge on any atom is -0.452 e. The molecule has 2 aromatic carbocycles. The lowest BCUT2D eigenvalue weighted by Gasteiger charge is -2.09. The summed E-state index contributed by atoms with van der Waals surface area (Å²) >= 11 is 7.27. The lowest BCUT2D eigenvalue weighted by Crippen LogP contribution is -2.21. The molecule has 0 aliphatic carbocycles. The average Bonchev–Trinajstić information content (AvgIpc) is 2.73. The number of nitriles is 1. The summed E-state index contributed by atoms with van der Waals surface area (Å²) in [7, 11) is 0. The third-order valence-corrected chi connectivity index (χ3v) is 5.00. The number of amides is 1. The molecule has 1 aromatic heterocycles. The Bertz CT molecular complexity index is 1080. The molecule has 0 aliphatic heterocycles. The van der Waals surface area contributed by atoms with Crippen LogP contribution in [0.5, 0.6) is 0 Å². The second-order valence-corrected chi connectivity index (χ2v) is 7.17. The number of aromatic nitrogens is 1. The molecule has 29 heavy (non-hydrogen) atoms. The number of esters is 1. The molecule has 8 heteroatoms. The summed E-state index contributed by atoms with van der Waals surface area (Å²) in [6, 6.07) is 19.1. The third kappa shape index (κ3) is 5.57. The molecule has 1 N–H and O–H groups in total. The number of hydrogen-bond donors (Lipinski definition) is 1. The first-order valence-electron chi connectivity index (χ1n) is 8.41. The summed E-state index contributed by atoms with van der Waals surface area (Å²) in [5.74, 6) is -1.18. The molecule has 1 amide bonds. The van der Waals surface area contributed by atoms with E-state index in [1.165, 1.54) is 23.9 Å². The number of carbonyl (C=O) groups excluding carboxylic acids is 2. The van der Waals surface area contributed by atoms with Crippen LogP contribution in [0.2, 0.25) is 5.02 Å². The summed E-state index contributed by atoms with van der Waals surface area (Å²) in [6.45, 7) is -0.471. The fourth-order valence-corrected chi connectivity index (χ4v) is 3.43. The average molecular weight is 424 g/mol. The quantitative estimate of drug-likeness (QED) is 0.584. The minimum absolute atomic E-state index is 0.222. The van der Waals surface area contributed by atoms with Crippen molar-refractivity contribution in [2.24, 2.45) is 0 Å². The van der Waals surface area contributed by atoms with Gasteiger partial charge in [0.2, 0.25) is 0 Å². The van der Waals surface area contributed by atoms with Gasteiger partial charge in [-0.25, -0.2) is 9.78 Å². The van der Waals surface area contributed by atoms with Crippen molar-refractivity contribution in [1.29, 1.82) is 5.26 Å². The van der Waals surface area contributed by atoms with E-state index in [9.17, 15) is 9.59 Å². The van der Waals surface area contributed by atoms with Gasteiger partial charge in [0.05, 0.1) is 16.1 Å². The van der Waals surface area contributed by atoms with E-state index >= 15 is 0 Å². The Kier molecular flexibility index (Phi) is 6.85. The van der Waals surface area contributed by atoms with E-state index in [1.54, 1.807) is 24.4 Å². The highest BCUT2D eigenvalue weighted by Crippen LogP contribution is 2.28. The summed E-state index contributed by atoms with van der Waals surface area (Å²) in [4.78, 5) is 29.7. The largest absolute Gasteiger partial charge is 0.452 e. The number of rotatable bonds is 6. The standard InChI is InChI=1S/C21H14ClN3O3S/c22-18-11-15(9-8-14(18)12-23)25-19(26)13-28-21(27)17-7-4-10-24-20(17)29-16-5-2-1-3-6-16/h1-11H,13H2,(H,25,26). The summed E-state index contributed by atoms with van der Waals surface area (Å²) in [6.07, 6.45) is 1.59. The van der Waals surface area contributed by atoms with Crippen LogP contribution in [0.15, 0.2) is 76.8 Å². The summed E-state index contributed by atoms with van der Waals surface area (Å²) < 4.78 is 5.13. The zero-order valence-electron chi connectivity index (χ0n) is 15.0. The molecular weight excluding hydrogens is 410 g/mol. The van der Waals surface area contributed by atoms with E-state index in [0.29, 0.717) is 16.3 Å². The number of nitrogens with one attached hydrogen (secondary N) is 1. The van der Waals surface area contributed by atoms with Crippen LogP contribution in [-0.4, -0.2) is 23.5 Å². The van der Waals surface area contributed by atoms with Gasteiger partial charge in [0.25, 0.3) is 5.91 Å². The van der Waals surface area contributed by atoms with Gasteiger partial charge < -0.3 is 10.1 Å². The maximum absolute atomic E-state index is 12.4. The second-order valence-electron chi connectivity index (χ2n) is 5.70. The lowest BCUT2D eigenvalue weighted by molar-refractivity contribution is -0.119. The van der Waals surface area contributed by atoms with Crippen molar-refractivity contribution in [3.8, 4) is 6.07 Å². The maximum atomic E-state index is 12.4. The zero-order valence-corrected chi connectivity index (χ0v) is 16.5. The number of halogens is 1. The van der Waals surface area contributed by atoms with E-state index in [1.807, 2.05) is 36.4 Å². The fraction of sp³-hybridized carbons (Fsp3) is 0.0476. The van der Waals surface area contributed by atoms with Crippen molar-refractivity contribution in [3.63, 3.8) is 0 Å². The predicted molar refractivity (Wildman–Crippen MR) is 110 cm³/mol. The Morgan fingerprint density at radius 2 is 1.93 bits per heavy atom. The minimum atomic E-state index is -0.649. The fourth-order valence-electron chi connectivity index (χ4n) is 2.32. The SMILES string of the molecule is N#Cc1ccc(NC(=O)COC(=O)c2cccnc2Sc2ccccc2)cc1Cl. The van der Waals surface area contributed by atoms with E-state index in [2.05, 4.69) is 10.3 Å². The number of hydrogen-bond acceptors (Lipinski definition) is 6. The summed E-state index contributed by atoms with van der Waals surface area (Å²) in [5, 5.41) is 12.1. The zero-order chi connectivity index (χ0) is 20.6. The van der Waals surface area contributed by atoms with Crippen molar-refractivity contribution in [3.05, 3.63) is 83.0 Å². The van der Waals surface area contributed by atoms with Gasteiger partial charge in [-0.1, -0.05) is 41.6 Å². The molecule has 3 rings (SSSR count). The monoisotopic (exact) mass is 423 g/mol. The van der Waals surface area contributed by atoms with E-state index in [0.717, 1.165) is 4.90 Å². The Balaban J connectivity index is 1.61. The highest BCUT2D eigenvalue weighted by atomic mass is 35.5. The molecule has 0 fully saturated rings. The van der Waals surface area contributed by atoms with Gasteiger partial charge in [-0.2, -0.15) is 5.26 Å². The van der Waals surface area contributed by atoms with Crippen LogP contribution >= 0.6 is 23.4 Å². The van der Waals surface area contributed by atoms with Gasteiger partial charge in [0.1, 0.15) is 11.1 Å². The predicted octanol–water partition coefficient (Wildman–Crippen LogP) is 4.55. The van der Waals surface area contributed by atoms with Gasteiger partial charge in [-0.3, -0.25) is 4.79 Å². The Hall–Kier alpha value is -3.34. The van der Waals surface area contributed by atoms with Crippen LogP contribution < -0.4 is 5.32 Å². The van der Waals surface area contributed by atoms with Crippen LogP contribution in [0, 0.1) is 11.3 Å². The number of anilines is 1. The molecule has 0 bridgehead atoms. The Morgan fingerprint density at radius 3 is 2.66 bits per heavy atom. The van der Waals surface area contributed by atoms with Gasteiger partial charge >= 0.3 is 5.97 Å². The molecule has 6 nitrogen and oxygen atoms in total. The first-order valence-corrected chi connectivity index (χ1v) is 9.61. The van der Waals surface area contributed by atoms with E-state index < -0.39 is 18.5 Å². The van der Waals surface area contributed by atoms with Crippen LogP contribution in [0.1, 0.15) is 15.9 Å². The van der Waals surface area contributed by atoms with Crippen molar-refractivity contribution in [1.82, 2.24) is 4.98 Å². The molecule has 0 saturated carbocycles. The van der Waals surface area contributed by atoms with E-state index in [-0.39, 0.29) is 10.6 Å². The molecule has 0 spiro atoms. The molecule has 0 radical (unpaired) electrons. The Morgan fingerprint density at radius 1 is 1.14 bits per heavy atom. The molecule has 1 heterocycles. The van der Waals surface area contributed by atoms with Crippen molar-refractivity contribution >= 4 is 40.9 Å². The highest BCUT2D eigenvalue weighted by Gasteiger charge is 2.16. The third-order valence-electron chi connectivity index (χ3n) is 3.66. The van der Waals surface area contributed by atoms with Gasteiger partial charge in [-0.15, -0.1) is 0 Å². The molecule has 0 aliphatic rings. The van der Waals surface area contributed by atoms with Crippen LogP contribution in [0.25, 0.3) is 0 Å². The van der Waals surface area contributed by atoms with Crippen LogP contribution in [-0.2, 0) is 9.53 Å². The smallest absolute Gasteiger partial charge is 0.341 e. The van der Waals surface area contributed by atoms with Gasteiger partial charge in [0.15, 0.2) is 6.61 Å². The molecule has 0 atom stereocenters. The first kappa shape index (κ1) is 20.4. The van der Waals surface area contributed by atoms with Crippen LogP contribution in [0.3, 0.4) is 0 Å². The number of pyridine rings is 1. The lowest BCUT2D eigenvalue weighted by atomic mass is 10.2. The number of benzene rings is 2. The second kappa shape index (κ2) is 9.73. The Labute approximate surface area is 176 Å². The number of carbonyl (C=O) groups is 2. The molecule has 3 aromatic rings. The first-order chi connectivity index (χ1) is 14.1. The van der Waals surface area contributed by atoms with Crippen molar-refractivity contribution < 1.29 is 14.3 Å². The van der Waals surface area contributed by atoms with Gasteiger partial charge in [-0.05, 0) is 42.5 Å². The number of ether oxygens (including phenoxy) is 1. The van der Waals surface area contributed by atoms with E-state index in [4.69, 9.17) is 21.6 Å².